The van der Waals surface area contributed by atoms with Gasteiger partial charge < -0.3 is 46.4 Å². The van der Waals surface area contributed by atoms with Gasteiger partial charge in [0.2, 0.25) is 23.8 Å². The molecular weight excluding hydrogens is 1110 g/mol. The molecule has 0 aliphatic carbocycles. The standard InChI is InChI=1S/C52H70N12O14S3/c1-32-52(2,3)41-31-39(38-10-9-37(81(76,77)78)30-40(38)45(41)64(32)19-7-26-79(70,71)72)34-28-42(57-43(29-34)47(67)55-18-27-80(73,74)75)46(66)54-17-6-4-5-8-44(65)56-36-15-24-63(25-16-36)51-59-49(61-20-11-33(12-21-61)48(68)69)58-50(60-51)62-22-13-35(53)14-23-62/h9-10,28-31,33,35-36H,1,4-8,11-27,53H2,2-3H3,(H,54,66)(H,55,67)(H,56,65)(H,68,69)(H,70,71,72)(H,73,74,75)(H,76,77,78). The summed E-state index contributed by atoms with van der Waals surface area (Å²) >= 11 is 0. The van der Waals surface area contributed by atoms with Gasteiger partial charge in [0.1, 0.15) is 11.4 Å². The highest BCUT2D eigenvalue weighted by molar-refractivity contribution is 7.86. The van der Waals surface area contributed by atoms with Crippen LogP contribution < -0.4 is 41.3 Å². The van der Waals surface area contributed by atoms with Gasteiger partial charge in [0, 0.05) is 93.9 Å². The maximum atomic E-state index is 13.9. The number of aliphatic carboxylic acids is 1. The first-order chi connectivity index (χ1) is 38.1. The lowest BCUT2D eigenvalue weighted by molar-refractivity contribution is -0.142. The van der Waals surface area contributed by atoms with E-state index in [1.54, 1.807) is 11.0 Å². The third kappa shape index (κ3) is 15.1. The molecule has 4 aromatic rings. The van der Waals surface area contributed by atoms with Crippen LogP contribution in [-0.4, -0.2) is 170 Å². The molecule has 9 N–H and O–H groups in total. The minimum Gasteiger partial charge on any atom is -0.481 e. The predicted octanol–water partition coefficient (Wildman–Crippen LogP) is 3.14. The summed E-state index contributed by atoms with van der Waals surface area (Å²) in [6.45, 7) is 11.3. The summed E-state index contributed by atoms with van der Waals surface area (Å²) in [6.07, 6.45) is 5.72. The summed E-state index contributed by atoms with van der Waals surface area (Å²) in [7, 11) is -13.6. The Balaban J connectivity index is 0.913. The molecule has 29 heteroatoms. The average molecular weight is 1180 g/mol. The first-order valence-corrected chi connectivity index (χ1v) is 31.6. The van der Waals surface area contributed by atoms with E-state index >= 15 is 0 Å². The van der Waals surface area contributed by atoms with E-state index < -0.39 is 82.4 Å². The van der Waals surface area contributed by atoms with Crippen molar-refractivity contribution in [1.82, 2.24) is 35.9 Å². The number of carbonyl (C=O) groups excluding carboxylic acids is 3. The van der Waals surface area contributed by atoms with E-state index in [0.717, 1.165) is 12.8 Å². The Morgan fingerprint density at radius 1 is 0.679 bits per heavy atom. The van der Waals surface area contributed by atoms with E-state index in [4.69, 9.17) is 20.7 Å². The number of anilines is 4. The number of fused-ring (bicyclic) bond motifs is 3. The summed E-state index contributed by atoms with van der Waals surface area (Å²) in [5.41, 5.74) is 6.98. The van der Waals surface area contributed by atoms with Crippen molar-refractivity contribution in [1.29, 1.82) is 0 Å². The van der Waals surface area contributed by atoms with Crippen molar-refractivity contribution >= 4 is 88.4 Å². The Morgan fingerprint density at radius 2 is 1.22 bits per heavy atom. The van der Waals surface area contributed by atoms with E-state index in [2.05, 4.69) is 37.3 Å². The molecule has 3 saturated heterocycles. The number of rotatable bonds is 22. The monoisotopic (exact) mass is 1180 g/mol. The molecule has 2 aromatic heterocycles. The smallest absolute Gasteiger partial charge is 0.306 e. The third-order valence-electron chi connectivity index (χ3n) is 15.5. The highest BCUT2D eigenvalue weighted by Gasteiger charge is 2.41. The van der Waals surface area contributed by atoms with Gasteiger partial charge in [-0.05, 0) is 110 Å². The third-order valence-corrected chi connectivity index (χ3v) is 17.8. The van der Waals surface area contributed by atoms with Gasteiger partial charge in [-0.1, -0.05) is 32.9 Å². The quantitative estimate of drug-likeness (QED) is 0.0414. The van der Waals surface area contributed by atoms with Crippen LogP contribution >= 0.6 is 0 Å². The summed E-state index contributed by atoms with van der Waals surface area (Å²) in [4.78, 5) is 78.7. The fourth-order valence-corrected chi connectivity index (χ4v) is 12.1. The Bertz CT molecular complexity index is 3420. The zero-order valence-electron chi connectivity index (χ0n) is 45.2. The van der Waals surface area contributed by atoms with Crippen LogP contribution in [0.3, 0.4) is 0 Å². The number of nitrogens with two attached hydrogens (primary N) is 1. The molecule has 0 bridgehead atoms. The van der Waals surface area contributed by atoms with Crippen LogP contribution in [0.4, 0.5) is 23.5 Å². The Labute approximate surface area is 470 Å². The lowest BCUT2D eigenvalue weighted by Gasteiger charge is -2.35. The molecule has 26 nitrogen and oxygen atoms in total. The van der Waals surface area contributed by atoms with E-state index in [9.17, 15) is 63.2 Å². The first kappa shape index (κ1) is 60.5. The number of benzene rings is 2. The van der Waals surface area contributed by atoms with Crippen molar-refractivity contribution in [2.75, 3.05) is 90.0 Å². The van der Waals surface area contributed by atoms with Crippen molar-refractivity contribution in [3.05, 3.63) is 65.6 Å². The minimum atomic E-state index is -4.76. The molecule has 0 saturated carbocycles. The molecule has 81 heavy (non-hydrogen) atoms. The van der Waals surface area contributed by atoms with Crippen molar-refractivity contribution in [2.45, 2.75) is 107 Å². The number of nitrogens with one attached hydrogen (secondary N) is 3. The normalized spacial score (nSPS) is 17.6. The second kappa shape index (κ2) is 24.8. The maximum Gasteiger partial charge on any atom is 0.306 e. The molecule has 0 radical (unpaired) electrons. The van der Waals surface area contributed by atoms with Gasteiger partial charge in [-0.15, -0.1) is 0 Å². The van der Waals surface area contributed by atoms with Crippen LogP contribution in [0.5, 0.6) is 0 Å². The Morgan fingerprint density at radius 3 is 1.77 bits per heavy atom. The van der Waals surface area contributed by atoms with Crippen molar-refractivity contribution in [3.8, 4) is 11.1 Å². The summed E-state index contributed by atoms with van der Waals surface area (Å²) in [5, 5.41) is 18.6. The molecule has 8 rings (SSSR count). The molecule has 440 valence electrons. The number of aromatic nitrogens is 4. The van der Waals surface area contributed by atoms with E-state index in [0.29, 0.717) is 130 Å². The topological polar surface area (TPSA) is 378 Å². The fourth-order valence-electron chi connectivity index (χ4n) is 10.7. The molecule has 3 amide bonds. The van der Waals surface area contributed by atoms with Gasteiger partial charge in [-0.25, -0.2) is 4.98 Å². The summed E-state index contributed by atoms with van der Waals surface area (Å²) in [5.74, 6) is -2.60. The van der Waals surface area contributed by atoms with Crippen LogP contribution in [-0.2, 0) is 45.4 Å². The van der Waals surface area contributed by atoms with Crippen LogP contribution in [0, 0.1) is 5.92 Å². The molecule has 0 atom stereocenters. The van der Waals surface area contributed by atoms with E-state index in [-0.39, 0.29) is 66.3 Å². The van der Waals surface area contributed by atoms with Crippen LogP contribution in [0.25, 0.3) is 21.9 Å². The van der Waals surface area contributed by atoms with E-state index in [1.165, 1.54) is 30.3 Å². The number of unbranched alkanes of at least 4 members (excludes halogenated alkanes) is 2. The first-order valence-electron chi connectivity index (χ1n) is 27.0. The van der Waals surface area contributed by atoms with Crippen molar-refractivity contribution in [3.63, 3.8) is 0 Å². The Kier molecular flexibility index (Phi) is 18.5. The van der Waals surface area contributed by atoms with Gasteiger partial charge in [0.05, 0.1) is 28.0 Å². The number of nitrogens with zero attached hydrogens (tertiary/aromatic N) is 8. The molecule has 3 fully saturated rings. The highest BCUT2D eigenvalue weighted by atomic mass is 32.2. The van der Waals surface area contributed by atoms with Crippen LogP contribution in [0.15, 0.2) is 53.6 Å². The summed E-state index contributed by atoms with van der Waals surface area (Å²) in [6, 6.07) is 8.46. The van der Waals surface area contributed by atoms with Crippen molar-refractivity contribution < 1.29 is 63.2 Å². The SMILES string of the molecule is C=C1N(CCCS(=O)(=O)O)c2c(cc(-c3cc(C(=O)NCCCCCC(=O)NC4CCN(c5nc(N6CCC(N)CC6)nc(N6CCC(C(=O)O)CC6)n5)CC4)nc(C(=O)NCCS(=O)(=O)O)c3)c3ccc(S(=O)(=O)O)cc23)C1(C)C. The summed E-state index contributed by atoms with van der Waals surface area (Å²) < 4.78 is 100. The number of carbonyl (C=O) groups is 4. The second-order valence-electron chi connectivity index (χ2n) is 21.6. The predicted molar refractivity (Wildman–Crippen MR) is 302 cm³/mol. The lowest BCUT2D eigenvalue weighted by Crippen LogP contribution is -2.46. The number of hydrogen-bond acceptors (Lipinski definition) is 19. The number of pyridine rings is 1. The number of allylic oxidation sites excluding steroid dienone is 1. The van der Waals surface area contributed by atoms with Crippen LogP contribution in [0.1, 0.15) is 111 Å². The lowest BCUT2D eigenvalue weighted by atomic mass is 9.81. The van der Waals surface area contributed by atoms with Gasteiger partial charge in [0.25, 0.3) is 42.2 Å². The molecular formula is C52H70N12O14S3. The number of hydrogen-bond donors (Lipinski definition) is 8. The molecule has 6 heterocycles. The number of amides is 3. The molecule has 0 spiro atoms. The Hall–Kier alpha value is -6.63. The zero-order valence-corrected chi connectivity index (χ0v) is 47.7. The van der Waals surface area contributed by atoms with Gasteiger partial charge in [0.15, 0.2) is 0 Å². The molecule has 4 aliphatic heterocycles. The van der Waals surface area contributed by atoms with Gasteiger partial charge >= 0.3 is 5.97 Å². The minimum absolute atomic E-state index is 0.0328. The van der Waals surface area contributed by atoms with Gasteiger partial charge in [-0.3, -0.25) is 32.8 Å². The number of carboxylic acids is 1. The fraction of sp³-hybridized carbons (Fsp3) is 0.538. The highest BCUT2D eigenvalue weighted by Crippen LogP contribution is 2.53. The maximum absolute atomic E-state index is 13.9. The number of piperidine rings is 3. The largest absolute Gasteiger partial charge is 0.481 e. The average Bonchev–Trinajstić information content (AvgIpc) is 3.77. The van der Waals surface area contributed by atoms with Crippen LogP contribution in [0.2, 0.25) is 0 Å². The second-order valence-corrected chi connectivity index (χ2v) is 26.2. The molecule has 4 aliphatic rings. The molecule has 2 aromatic carbocycles. The zero-order chi connectivity index (χ0) is 58.6. The molecule has 0 unspecified atom stereocenters. The van der Waals surface area contributed by atoms with E-state index in [1.807, 2.05) is 18.7 Å². The van der Waals surface area contributed by atoms with Gasteiger partial charge in [-0.2, -0.15) is 40.2 Å². The van der Waals surface area contributed by atoms with Crippen molar-refractivity contribution in [2.24, 2.45) is 11.7 Å². The number of carboxylic acid groups (broad SMARTS) is 1.